The summed E-state index contributed by atoms with van der Waals surface area (Å²) >= 11 is 0. The molecule has 3 N–H and O–H groups in total. The molecule has 3 aliphatic heterocycles. The number of hydrogen-bond donors (Lipinski definition) is 3. The Hall–Kier alpha value is -5.59. The van der Waals surface area contributed by atoms with Crippen LogP contribution in [0.25, 0.3) is 10.9 Å². The summed E-state index contributed by atoms with van der Waals surface area (Å²) in [6, 6.07) is 22.8. The fraction of sp³-hybridized carbons (Fsp3) is 0.289. The Morgan fingerprint density at radius 1 is 0.880 bits per heavy atom. The van der Waals surface area contributed by atoms with Gasteiger partial charge in [0.25, 0.3) is 0 Å². The lowest BCUT2D eigenvalue weighted by molar-refractivity contribution is -0.166. The van der Waals surface area contributed by atoms with Crippen LogP contribution in [0.4, 0.5) is 0 Å². The first-order valence-electron chi connectivity index (χ1n) is 16.1. The minimum Gasteiger partial charge on any atom is -0.497 e. The molecule has 3 aliphatic rings. The lowest BCUT2D eigenvalue weighted by Crippen LogP contribution is -2.54. The third-order valence-corrected chi connectivity index (χ3v) is 9.07. The number of aliphatic hydroxyl groups is 1. The van der Waals surface area contributed by atoms with Crippen molar-refractivity contribution in [2.24, 2.45) is 11.8 Å². The van der Waals surface area contributed by atoms with Gasteiger partial charge in [-0.25, -0.2) is 19.2 Å². The highest BCUT2D eigenvalue weighted by Gasteiger charge is 2.43. The average molecular weight is 683 g/mol. The number of carbonyl (C=O) groups excluding carboxylic acids is 2. The summed E-state index contributed by atoms with van der Waals surface area (Å²) in [5.41, 5.74) is 1.90. The molecule has 7 rings (SSSR count). The van der Waals surface area contributed by atoms with E-state index in [-0.39, 0.29) is 17.2 Å². The first kappa shape index (κ1) is 35.7. The molecule has 0 spiro atoms. The van der Waals surface area contributed by atoms with Crippen molar-refractivity contribution in [1.29, 1.82) is 0 Å². The van der Waals surface area contributed by atoms with Crippen LogP contribution in [0.2, 0.25) is 0 Å². The number of pyridine rings is 1. The van der Waals surface area contributed by atoms with E-state index in [1.165, 1.54) is 55.0 Å². The van der Waals surface area contributed by atoms with Gasteiger partial charge in [-0.1, -0.05) is 42.5 Å². The van der Waals surface area contributed by atoms with E-state index in [9.17, 15) is 34.5 Å². The van der Waals surface area contributed by atoms with Gasteiger partial charge in [0.05, 0.1) is 29.9 Å². The fourth-order valence-electron chi connectivity index (χ4n) is 6.44. The van der Waals surface area contributed by atoms with Crippen LogP contribution in [0.5, 0.6) is 5.75 Å². The lowest BCUT2D eigenvalue weighted by atomic mass is 9.73. The monoisotopic (exact) mass is 682 g/mol. The number of carboxylic acid groups (broad SMARTS) is 2. The van der Waals surface area contributed by atoms with Gasteiger partial charge in [-0.2, -0.15) is 0 Å². The second kappa shape index (κ2) is 16.2. The van der Waals surface area contributed by atoms with Crippen LogP contribution < -0.4 is 4.74 Å². The van der Waals surface area contributed by atoms with Gasteiger partial charge in [0.15, 0.2) is 0 Å². The second-order valence-electron chi connectivity index (χ2n) is 12.0. The maximum Gasteiger partial charge on any atom is 0.349 e. The number of esters is 2. The number of carboxylic acids is 2. The van der Waals surface area contributed by atoms with E-state index in [4.69, 9.17) is 14.2 Å². The summed E-state index contributed by atoms with van der Waals surface area (Å²) in [6.07, 6.45) is 1.19. The number of aromatic nitrogens is 1. The molecule has 2 bridgehead atoms. The van der Waals surface area contributed by atoms with Crippen molar-refractivity contribution in [3.05, 3.63) is 120 Å². The molecule has 260 valence electrons. The summed E-state index contributed by atoms with van der Waals surface area (Å²) in [4.78, 5) is 53.7. The summed E-state index contributed by atoms with van der Waals surface area (Å²) in [5.74, 6) is -3.63. The number of nitrogens with zero attached hydrogens (tertiary/aromatic N) is 2. The number of ether oxygens (including phenoxy) is 3. The lowest BCUT2D eigenvalue weighted by Gasteiger charge is -2.50. The number of hydrogen-bond acceptors (Lipinski definition) is 10. The third kappa shape index (κ3) is 8.16. The van der Waals surface area contributed by atoms with Gasteiger partial charge in [0.2, 0.25) is 12.2 Å². The molecular formula is C38H38N2O10. The highest BCUT2D eigenvalue weighted by atomic mass is 16.6. The predicted molar refractivity (Wildman–Crippen MR) is 182 cm³/mol. The molecule has 3 fully saturated rings. The van der Waals surface area contributed by atoms with Gasteiger partial charge in [0, 0.05) is 24.2 Å². The molecule has 7 atom stereocenters. The van der Waals surface area contributed by atoms with E-state index in [1.54, 1.807) is 25.4 Å². The largest absolute Gasteiger partial charge is 0.497 e. The van der Waals surface area contributed by atoms with Crippen molar-refractivity contribution in [3.63, 3.8) is 0 Å². The van der Waals surface area contributed by atoms with Crippen molar-refractivity contribution in [2.45, 2.75) is 37.2 Å². The molecule has 4 aromatic rings. The van der Waals surface area contributed by atoms with Crippen LogP contribution in [-0.2, 0) is 19.1 Å². The van der Waals surface area contributed by atoms with E-state index in [2.05, 4.69) is 22.5 Å². The normalized spacial score (nSPS) is 21.0. The Kier molecular flexibility index (Phi) is 11.6. The zero-order valence-corrected chi connectivity index (χ0v) is 27.3. The molecule has 12 heteroatoms. The molecular weight excluding hydrogens is 644 g/mol. The van der Waals surface area contributed by atoms with Crippen LogP contribution in [0, 0.1) is 11.8 Å². The minimum atomic E-state index is -2.21. The van der Waals surface area contributed by atoms with Gasteiger partial charge < -0.3 is 29.5 Å². The summed E-state index contributed by atoms with van der Waals surface area (Å²) < 4.78 is 14.9. The average Bonchev–Trinajstić information content (AvgIpc) is 3.16. The highest BCUT2D eigenvalue weighted by Crippen LogP contribution is 2.42. The number of rotatable bonds is 11. The first-order chi connectivity index (χ1) is 24.1. The maximum absolute atomic E-state index is 12.0. The summed E-state index contributed by atoms with van der Waals surface area (Å²) in [7, 11) is 1.66. The van der Waals surface area contributed by atoms with E-state index in [1.807, 2.05) is 24.3 Å². The molecule has 3 saturated heterocycles. The molecule has 50 heavy (non-hydrogen) atoms. The standard InChI is InChI=1S/C20H24N2O2.C18H14O8/c1-3-13-12-22-9-7-14(13)10-19(22)20(23)16-6-8-21-18-5-4-15(24-2)11-17(16)18;19-15(20)13(25-17(23)11-7-3-1-4-8-11)14(16(21)22)26-18(24)12-9-5-2-6-10-12/h3-6,8,11,13-14,19-20,23H,1,7,9-10,12H2,2H3;1-10,13-14H,(H,19,20)(H,21,22)/t13-,14-,19-,20-;13-,14-/m01/s1. The van der Waals surface area contributed by atoms with Crippen molar-refractivity contribution >= 4 is 34.8 Å². The van der Waals surface area contributed by atoms with Gasteiger partial charge >= 0.3 is 23.9 Å². The Morgan fingerprint density at radius 3 is 1.94 bits per heavy atom. The van der Waals surface area contributed by atoms with Crippen LogP contribution in [0.1, 0.15) is 45.2 Å². The number of methoxy groups -OCH3 is 1. The number of fused-ring (bicyclic) bond motifs is 4. The third-order valence-electron chi connectivity index (χ3n) is 9.07. The van der Waals surface area contributed by atoms with Crippen molar-refractivity contribution in [3.8, 4) is 5.75 Å². The topological polar surface area (TPSA) is 173 Å². The number of aliphatic hydroxyl groups excluding tert-OH is 1. The molecule has 1 aromatic heterocycles. The smallest absolute Gasteiger partial charge is 0.349 e. The quantitative estimate of drug-likeness (QED) is 0.146. The van der Waals surface area contributed by atoms with Crippen molar-refractivity contribution in [1.82, 2.24) is 9.88 Å². The Bertz CT molecular complexity index is 1760. The first-order valence-corrected chi connectivity index (χ1v) is 16.1. The van der Waals surface area contributed by atoms with Crippen LogP contribution >= 0.6 is 0 Å². The van der Waals surface area contributed by atoms with Gasteiger partial charge in [0.1, 0.15) is 5.75 Å². The number of aliphatic carboxylic acids is 2. The van der Waals surface area contributed by atoms with Gasteiger partial charge in [-0.05, 0) is 85.3 Å². The second-order valence-corrected chi connectivity index (χ2v) is 12.0. The molecule has 0 amide bonds. The van der Waals surface area contributed by atoms with E-state index >= 15 is 0 Å². The highest BCUT2D eigenvalue weighted by molar-refractivity contribution is 5.95. The van der Waals surface area contributed by atoms with Crippen LogP contribution in [0.3, 0.4) is 0 Å². The number of benzene rings is 3. The summed E-state index contributed by atoms with van der Waals surface area (Å²) in [6.45, 7) is 6.07. The maximum atomic E-state index is 12.0. The van der Waals surface area contributed by atoms with E-state index < -0.39 is 42.2 Å². The predicted octanol–water partition coefficient (Wildman–Crippen LogP) is 4.78. The zero-order chi connectivity index (χ0) is 35.8. The van der Waals surface area contributed by atoms with Crippen LogP contribution in [0.15, 0.2) is 104 Å². The van der Waals surface area contributed by atoms with Gasteiger partial charge in [-0.15, -0.1) is 6.58 Å². The Balaban J connectivity index is 0.000000195. The molecule has 4 heterocycles. The molecule has 3 aromatic carbocycles. The zero-order valence-electron chi connectivity index (χ0n) is 27.3. The molecule has 12 nitrogen and oxygen atoms in total. The Morgan fingerprint density at radius 2 is 1.46 bits per heavy atom. The number of piperidine rings is 3. The minimum absolute atomic E-state index is 0.0253. The molecule has 0 radical (unpaired) electrons. The SMILES string of the molecule is C=C[C@H]1CN2CC[C@H]1C[C@H]2[C@@H](O)c1ccnc2ccc(OC)cc12.O=C(O[C@@H](C(=O)O)[C@@H](OC(=O)c1ccccc1)C(=O)O)c1ccccc1. The summed E-state index contributed by atoms with van der Waals surface area (Å²) in [5, 5.41) is 30.6. The van der Waals surface area contributed by atoms with Crippen molar-refractivity contribution in [2.75, 3.05) is 20.2 Å². The van der Waals surface area contributed by atoms with Gasteiger partial charge in [-0.3, -0.25) is 9.88 Å². The molecule has 1 unspecified atom stereocenters. The molecule has 0 saturated carbocycles. The van der Waals surface area contributed by atoms with E-state index in [0.717, 1.165) is 41.7 Å². The Labute approximate surface area is 288 Å². The number of carbonyl (C=O) groups is 4. The van der Waals surface area contributed by atoms with E-state index in [0.29, 0.717) is 11.8 Å². The molecule has 0 aliphatic carbocycles. The van der Waals surface area contributed by atoms with Crippen molar-refractivity contribution < 1.29 is 48.7 Å². The fourth-order valence-corrected chi connectivity index (χ4v) is 6.44. The van der Waals surface area contributed by atoms with Crippen LogP contribution in [-0.4, -0.2) is 87.5 Å².